The van der Waals surface area contributed by atoms with Crippen LogP contribution in [0.2, 0.25) is 0 Å². The molecular weight excluding hydrogens is 326 g/mol. The molecule has 5 nitrogen and oxygen atoms in total. The van der Waals surface area contributed by atoms with Gasteiger partial charge in [-0.05, 0) is 42.5 Å². The van der Waals surface area contributed by atoms with Crippen LogP contribution in [0.1, 0.15) is 37.1 Å². The van der Waals surface area contributed by atoms with Gasteiger partial charge >= 0.3 is 0 Å². The minimum Gasteiger partial charge on any atom is -0.350 e. The number of hydrogen-bond donors (Lipinski definition) is 2. The molecule has 1 saturated carbocycles. The summed E-state index contributed by atoms with van der Waals surface area (Å²) in [5.74, 6) is -0.611. The molecule has 136 valence electrons. The van der Waals surface area contributed by atoms with Gasteiger partial charge < -0.3 is 10.6 Å². The highest BCUT2D eigenvalue weighted by Gasteiger charge is 2.48. The van der Waals surface area contributed by atoms with Crippen molar-refractivity contribution in [2.24, 2.45) is 11.8 Å². The standard InChI is InChI=1S/C21H25N3O2/c1-3-14-8-7-9-15(4-2)19(14)24-21(26)18-12-17(18)20(25)23-13-16-10-5-6-11-22-16/h5-11,17-18H,3-4,12-13H2,1-2H3,(H,23,25)(H,24,26). The summed E-state index contributed by atoms with van der Waals surface area (Å²) in [5, 5.41) is 5.94. The SMILES string of the molecule is CCc1cccc(CC)c1NC(=O)C1CC1C(=O)NCc1ccccn1. The van der Waals surface area contributed by atoms with E-state index in [2.05, 4.69) is 29.5 Å². The highest BCUT2D eigenvalue weighted by atomic mass is 16.2. The summed E-state index contributed by atoms with van der Waals surface area (Å²) < 4.78 is 0. The van der Waals surface area contributed by atoms with Gasteiger partial charge in [-0.15, -0.1) is 0 Å². The fourth-order valence-electron chi connectivity index (χ4n) is 3.21. The van der Waals surface area contributed by atoms with E-state index in [4.69, 9.17) is 0 Å². The smallest absolute Gasteiger partial charge is 0.228 e. The van der Waals surface area contributed by atoms with E-state index < -0.39 is 0 Å². The van der Waals surface area contributed by atoms with E-state index in [0.29, 0.717) is 13.0 Å². The van der Waals surface area contributed by atoms with Gasteiger partial charge in [-0.3, -0.25) is 14.6 Å². The first-order valence-electron chi connectivity index (χ1n) is 9.23. The second kappa shape index (κ2) is 8.13. The summed E-state index contributed by atoms with van der Waals surface area (Å²) in [5.41, 5.74) is 4.00. The number of para-hydroxylation sites is 1. The molecule has 2 unspecified atom stereocenters. The van der Waals surface area contributed by atoms with Crippen molar-refractivity contribution in [2.45, 2.75) is 39.7 Å². The van der Waals surface area contributed by atoms with Gasteiger partial charge in [0.2, 0.25) is 11.8 Å². The third kappa shape index (κ3) is 4.10. The lowest BCUT2D eigenvalue weighted by Gasteiger charge is -2.14. The van der Waals surface area contributed by atoms with Crippen molar-refractivity contribution < 1.29 is 9.59 Å². The van der Waals surface area contributed by atoms with E-state index in [-0.39, 0.29) is 23.7 Å². The first kappa shape index (κ1) is 18.1. The van der Waals surface area contributed by atoms with Gasteiger partial charge in [0.1, 0.15) is 0 Å². The summed E-state index contributed by atoms with van der Waals surface area (Å²) >= 11 is 0. The molecule has 1 heterocycles. The lowest BCUT2D eigenvalue weighted by molar-refractivity contribution is -0.125. The van der Waals surface area contributed by atoms with Crippen molar-refractivity contribution in [3.8, 4) is 0 Å². The average molecular weight is 351 g/mol. The molecule has 5 heteroatoms. The van der Waals surface area contributed by atoms with Crippen molar-refractivity contribution in [3.05, 3.63) is 59.4 Å². The molecule has 1 fully saturated rings. The van der Waals surface area contributed by atoms with Gasteiger partial charge in [-0.1, -0.05) is 38.1 Å². The van der Waals surface area contributed by atoms with Crippen molar-refractivity contribution in [1.29, 1.82) is 0 Å². The van der Waals surface area contributed by atoms with E-state index >= 15 is 0 Å². The quantitative estimate of drug-likeness (QED) is 0.805. The molecule has 2 aromatic rings. The summed E-state index contributed by atoms with van der Waals surface area (Å²) in [6.07, 6.45) is 4.03. The van der Waals surface area contributed by atoms with Crippen LogP contribution in [0.25, 0.3) is 0 Å². The second-order valence-corrected chi connectivity index (χ2v) is 6.64. The number of carbonyl (C=O) groups is 2. The number of hydrogen-bond acceptors (Lipinski definition) is 3. The Morgan fingerprint density at radius 2 is 1.69 bits per heavy atom. The minimum absolute atomic E-state index is 0.0569. The Morgan fingerprint density at radius 1 is 1.00 bits per heavy atom. The fourth-order valence-corrected chi connectivity index (χ4v) is 3.21. The Hall–Kier alpha value is -2.69. The largest absolute Gasteiger partial charge is 0.350 e. The molecule has 1 aromatic carbocycles. The molecule has 3 rings (SSSR count). The average Bonchev–Trinajstić information content (AvgIpc) is 3.48. The Bertz CT molecular complexity index is 767. The molecule has 0 spiro atoms. The van der Waals surface area contributed by atoms with E-state index in [1.807, 2.05) is 36.4 Å². The van der Waals surface area contributed by atoms with Crippen LogP contribution in [-0.4, -0.2) is 16.8 Å². The monoisotopic (exact) mass is 351 g/mol. The van der Waals surface area contributed by atoms with Crippen molar-refractivity contribution in [2.75, 3.05) is 5.32 Å². The molecular formula is C21H25N3O2. The van der Waals surface area contributed by atoms with Crippen LogP contribution in [0.5, 0.6) is 0 Å². The predicted molar refractivity (Wildman–Crippen MR) is 102 cm³/mol. The van der Waals surface area contributed by atoms with Crippen LogP contribution in [0, 0.1) is 11.8 Å². The topological polar surface area (TPSA) is 71.1 Å². The number of pyridine rings is 1. The third-order valence-electron chi connectivity index (χ3n) is 4.88. The number of aryl methyl sites for hydroxylation is 2. The molecule has 1 aromatic heterocycles. The number of nitrogens with zero attached hydrogens (tertiary/aromatic N) is 1. The number of carbonyl (C=O) groups excluding carboxylic acids is 2. The van der Waals surface area contributed by atoms with E-state index in [0.717, 1.165) is 35.3 Å². The molecule has 0 bridgehead atoms. The van der Waals surface area contributed by atoms with Crippen LogP contribution in [0.15, 0.2) is 42.6 Å². The van der Waals surface area contributed by atoms with Crippen molar-refractivity contribution >= 4 is 17.5 Å². The van der Waals surface area contributed by atoms with Crippen molar-refractivity contribution in [3.63, 3.8) is 0 Å². The number of anilines is 1. The summed E-state index contributed by atoms with van der Waals surface area (Å²) in [4.78, 5) is 29.1. The van der Waals surface area contributed by atoms with E-state index in [1.165, 1.54) is 0 Å². The Balaban J connectivity index is 1.57. The van der Waals surface area contributed by atoms with Crippen LogP contribution in [0.3, 0.4) is 0 Å². The normalized spacial score (nSPS) is 18.2. The van der Waals surface area contributed by atoms with Gasteiger partial charge in [0.05, 0.1) is 24.1 Å². The number of benzene rings is 1. The number of aromatic nitrogens is 1. The summed E-state index contributed by atoms with van der Waals surface area (Å²) in [6.45, 7) is 4.55. The number of rotatable bonds is 7. The molecule has 2 amide bonds. The Morgan fingerprint density at radius 3 is 2.31 bits per heavy atom. The zero-order valence-corrected chi connectivity index (χ0v) is 15.3. The van der Waals surface area contributed by atoms with Crippen molar-refractivity contribution in [1.82, 2.24) is 10.3 Å². The molecule has 1 aliphatic rings. The maximum atomic E-state index is 12.6. The maximum Gasteiger partial charge on any atom is 0.228 e. The molecule has 1 aliphatic carbocycles. The fraction of sp³-hybridized carbons (Fsp3) is 0.381. The van der Waals surface area contributed by atoms with Crippen LogP contribution >= 0.6 is 0 Å². The summed E-state index contributed by atoms with van der Waals surface area (Å²) in [6, 6.07) is 11.7. The summed E-state index contributed by atoms with van der Waals surface area (Å²) in [7, 11) is 0. The first-order chi connectivity index (χ1) is 12.6. The Labute approximate surface area is 154 Å². The molecule has 2 N–H and O–H groups in total. The lowest BCUT2D eigenvalue weighted by Crippen LogP contribution is -2.27. The lowest BCUT2D eigenvalue weighted by atomic mass is 10.0. The predicted octanol–water partition coefficient (Wildman–Crippen LogP) is 3.10. The van der Waals surface area contributed by atoms with Gasteiger partial charge in [0.15, 0.2) is 0 Å². The van der Waals surface area contributed by atoms with Gasteiger partial charge in [-0.25, -0.2) is 0 Å². The molecule has 0 aliphatic heterocycles. The third-order valence-corrected chi connectivity index (χ3v) is 4.88. The highest BCUT2D eigenvalue weighted by molar-refractivity contribution is 6.00. The zero-order valence-electron chi connectivity index (χ0n) is 15.3. The van der Waals surface area contributed by atoms with E-state index in [1.54, 1.807) is 6.20 Å². The first-order valence-corrected chi connectivity index (χ1v) is 9.23. The zero-order chi connectivity index (χ0) is 18.5. The molecule has 26 heavy (non-hydrogen) atoms. The Kier molecular flexibility index (Phi) is 5.66. The second-order valence-electron chi connectivity index (χ2n) is 6.64. The van der Waals surface area contributed by atoms with Gasteiger partial charge in [0, 0.05) is 11.9 Å². The maximum absolute atomic E-state index is 12.6. The van der Waals surface area contributed by atoms with E-state index in [9.17, 15) is 9.59 Å². The van der Waals surface area contributed by atoms with Gasteiger partial charge in [-0.2, -0.15) is 0 Å². The molecule has 0 saturated heterocycles. The van der Waals surface area contributed by atoms with Crippen LogP contribution in [0.4, 0.5) is 5.69 Å². The molecule has 0 radical (unpaired) electrons. The number of amides is 2. The highest BCUT2D eigenvalue weighted by Crippen LogP contribution is 2.40. The van der Waals surface area contributed by atoms with Gasteiger partial charge in [0.25, 0.3) is 0 Å². The van der Waals surface area contributed by atoms with Crippen LogP contribution < -0.4 is 10.6 Å². The minimum atomic E-state index is -0.242. The van der Waals surface area contributed by atoms with Crippen LogP contribution in [-0.2, 0) is 29.0 Å². The number of nitrogens with one attached hydrogen (secondary N) is 2. The molecule has 2 atom stereocenters.